The number of sulfonamides is 1. The second-order valence-electron chi connectivity index (χ2n) is 8.45. The van der Waals surface area contributed by atoms with Crippen molar-refractivity contribution in [2.45, 2.75) is 17.4 Å². The molecule has 4 rings (SSSR count). The normalized spacial score (nSPS) is 14.1. The SMILES string of the molecule is COc1ccc([C@@H](CNC(=O)c2cccc(S(=O)(=O)N3CCc4ccccc43)c2)N(C)C)cc1. The van der Waals surface area contributed by atoms with Gasteiger partial charge in [-0.3, -0.25) is 9.10 Å². The lowest BCUT2D eigenvalue weighted by Gasteiger charge is -2.25. The molecule has 1 heterocycles. The summed E-state index contributed by atoms with van der Waals surface area (Å²) in [4.78, 5) is 15.1. The number of hydrogen-bond donors (Lipinski definition) is 1. The van der Waals surface area contributed by atoms with Gasteiger partial charge in [-0.05, 0) is 68.0 Å². The van der Waals surface area contributed by atoms with Crippen molar-refractivity contribution in [3.63, 3.8) is 0 Å². The molecule has 34 heavy (non-hydrogen) atoms. The molecule has 0 radical (unpaired) electrons. The van der Waals surface area contributed by atoms with Gasteiger partial charge in [0.25, 0.3) is 15.9 Å². The number of amides is 1. The van der Waals surface area contributed by atoms with Crippen molar-refractivity contribution < 1.29 is 17.9 Å². The summed E-state index contributed by atoms with van der Waals surface area (Å²) in [5, 5.41) is 2.95. The topological polar surface area (TPSA) is 78.9 Å². The highest BCUT2D eigenvalue weighted by molar-refractivity contribution is 7.92. The minimum absolute atomic E-state index is 0.0529. The van der Waals surface area contributed by atoms with Crippen LogP contribution in [0.1, 0.15) is 27.5 Å². The lowest BCUT2D eigenvalue weighted by molar-refractivity contribution is 0.0941. The van der Waals surface area contributed by atoms with E-state index in [4.69, 9.17) is 4.74 Å². The van der Waals surface area contributed by atoms with Crippen LogP contribution in [0.15, 0.2) is 77.7 Å². The van der Waals surface area contributed by atoms with Gasteiger partial charge < -0.3 is 15.0 Å². The van der Waals surface area contributed by atoms with E-state index in [0.29, 0.717) is 30.8 Å². The van der Waals surface area contributed by atoms with E-state index in [9.17, 15) is 13.2 Å². The molecule has 1 N–H and O–H groups in total. The minimum Gasteiger partial charge on any atom is -0.497 e. The number of nitrogens with zero attached hydrogens (tertiary/aromatic N) is 2. The van der Waals surface area contributed by atoms with E-state index in [2.05, 4.69) is 5.32 Å². The van der Waals surface area contributed by atoms with Gasteiger partial charge in [-0.2, -0.15) is 0 Å². The first-order chi connectivity index (χ1) is 16.3. The number of hydrogen-bond acceptors (Lipinski definition) is 5. The number of benzene rings is 3. The number of rotatable bonds is 8. The van der Waals surface area contributed by atoms with E-state index in [-0.39, 0.29) is 16.8 Å². The molecule has 0 spiro atoms. The van der Waals surface area contributed by atoms with E-state index in [1.165, 1.54) is 16.4 Å². The van der Waals surface area contributed by atoms with Crippen LogP contribution in [0.25, 0.3) is 0 Å². The van der Waals surface area contributed by atoms with Crippen molar-refractivity contribution in [2.24, 2.45) is 0 Å². The Bertz CT molecular complexity index is 1270. The zero-order valence-electron chi connectivity index (χ0n) is 19.6. The zero-order chi connectivity index (χ0) is 24.3. The first kappa shape index (κ1) is 23.8. The third-order valence-electron chi connectivity index (χ3n) is 6.11. The fourth-order valence-electron chi connectivity index (χ4n) is 4.20. The quantitative estimate of drug-likeness (QED) is 0.535. The van der Waals surface area contributed by atoms with Gasteiger partial charge in [-0.1, -0.05) is 36.4 Å². The summed E-state index contributed by atoms with van der Waals surface area (Å²) in [6.45, 7) is 0.763. The molecule has 0 bridgehead atoms. The monoisotopic (exact) mass is 479 g/mol. The van der Waals surface area contributed by atoms with E-state index in [1.54, 1.807) is 19.2 Å². The molecular weight excluding hydrogens is 450 g/mol. The first-order valence-corrected chi connectivity index (χ1v) is 12.5. The van der Waals surface area contributed by atoms with Crippen molar-refractivity contribution in [3.05, 3.63) is 89.5 Å². The number of ether oxygens (including phenoxy) is 1. The molecule has 0 aromatic heterocycles. The molecule has 0 aliphatic carbocycles. The number of para-hydroxylation sites is 1. The molecule has 3 aromatic carbocycles. The van der Waals surface area contributed by atoms with E-state index in [0.717, 1.165) is 16.9 Å². The standard InChI is InChI=1S/C26H29N3O4S/c1-28(2)25(20-11-13-22(33-3)14-12-20)18-27-26(30)21-8-6-9-23(17-21)34(31,32)29-16-15-19-7-4-5-10-24(19)29/h4-14,17,25H,15-16,18H2,1-3H3,(H,27,30)/t25-/m1/s1. The van der Waals surface area contributed by atoms with Crippen LogP contribution in [-0.2, 0) is 16.4 Å². The predicted octanol–water partition coefficient (Wildman–Crippen LogP) is 3.48. The van der Waals surface area contributed by atoms with Gasteiger partial charge in [-0.25, -0.2) is 8.42 Å². The molecule has 1 atom stereocenters. The highest BCUT2D eigenvalue weighted by atomic mass is 32.2. The Kier molecular flexibility index (Phi) is 6.90. The molecule has 0 unspecified atom stereocenters. The summed E-state index contributed by atoms with van der Waals surface area (Å²) in [5.74, 6) is 0.447. The second kappa shape index (κ2) is 9.87. The summed E-state index contributed by atoms with van der Waals surface area (Å²) in [6.07, 6.45) is 0.673. The smallest absolute Gasteiger partial charge is 0.264 e. The number of carbonyl (C=O) groups is 1. The van der Waals surface area contributed by atoms with Crippen molar-refractivity contribution in [2.75, 3.05) is 38.6 Å². The number of likely N-dealkylation sites (N-methyl/N-ethyl adjacent to an activating group) is 1. The summed E-state index contributed by atoms with van der Waals surface area (Å²) < 4.78 is 33.3. The predicted molar refractivity (Wildman–Crippen MR) is 133 cm³/mol. The Morgan fingerprint density at radius 2 is 1.79 bits per heavy atom. The second-order valence-corrected chi connectivity index (χ2v) is 10.3. The number of anilines is 1. The summed E-state index contributed by atoms with van der Waals surface area (Å²) in [6, 6.07) is 21.4. The molecule has 0 saturated carbocycles. The Morgan fingerprint density at radius 3 is 2.50 bits per heavy atom. The third kappa shape index (κ3) is 4.78. The van der Waals surface area contributed by atoms with Crippen LogP contribution >= 0.6 is 0 Å². The molecule has 0 saturated heterocycles. The van der Waals surface area contributed by atoms with Crippen LogP contribution in [-0.4, -0.2) is 53.5 Å². The van der Waals surface area contributed by atoms with Crippen LogP contribution in [0.4, 0.5) is 5.69 Å². The molecule has 1 aliphatic rings. The van der Waals surface area contributed by atoms with Gasteiger partial charge in [0.15, 0.2) is 0 Å². The molecule has 178 valence electrons. The van der Waals surface area contributed by atoms with Crippen LogP contribution < -0.4 is 14.4 Å². The molecule has 1 aliphatic heterocycles. The van der Waals surface area contributed by atoms with Crippen LogP contribution in [0, 0.1) is 0 Å². The third-order valence-corrected chi connectivity index (χ3v) is 7.92. The van der Waals surface area contributed by atoms with E-state index in [1.807, 2.05) is 67.5 Å². The van der Waals surface area contributed by atoms with Crippen LogP contribution in [0.3, 0.4) is 0 Å². The van der Waals surface area contributed by atoms with Crippen molar-refractivity contribution in [3.8, 4) is 5.75 Å². The summed E-state index contributed by atoms with van der Waals surface area (Å²) in [5.41, 5.74) is 3.05. The maximum absolute atomic E-state index is 13.3. The van der Waals surface area contributed by atoms with E-state index < -0.39 is 10.0 Å². The van der Waals surface area contributed by atoms with E-state index >= 15 is 0 Å². The van der Waals surface area contributed by atoms with Crippen molar-refractivity contribution >= 4 is 21.6 Å². The highest BCUT2D eigenvalue weighted by Gasteiger charge is 2.31. The van der Waals surface area contributed by atoms with Gasteiger partial charge in [0.05, 0.1) is 23.7 Å². The molecule has 3 aromatic rings. The average Bonchev–Trinajstić information content (AvgIpc) is 3.29. The lowest BCUT2D eigenvalue weighted by atomic mass is 10.1. The molecule has 0 fully saturated rings. The minimum atomic E-state index is -3.77. The Balaban J connectivity index is 1.50. The fraction of sp³-hybridized carbons (Fsp3) is 0.269. The molecule has 1 amide bonds. The van der Waals surface area contributed by atoms with Gasteiger partial charge in [0.2, 0.25) is 0 Å². The Labute approximate surface area is 201 Å². The lowest BCUT2D eigenvalue weighted by Crippen LogP contribution is -2.34. The van der Waals surface area contributed by atoms with Crippen molar-refractivity contribution in [1.29, 1.82) is 0 Å². The summed E-state index contributed by atoms with van der Waals surface area (Å²) >= 11 is 0. The number of methoxy groups -OCH3 is 1. The number of carbonyl (C=O) groups excluding carboxylic acids is 1. The first-order valence-electron chi connectivity index (χ1n) is 11.1. The van der Waals surface area contributed by atoms with Gasteiger partial charge in [0.1, 0.15) is 5.75 Å². The average molecular weight is 480 g/mol. The zero-order valence-corrected chi connectivity index (χ0v) is 20.4. The number of nitrogens with one attached hydrogen (secondary N) is 1. The maximum atomic E-state index is 13.3. The highest BCUT2D eigenvalue weighted by Crippen LogP contribution is 2.32. The van der Waals surface area contributed by atoms with Crippen LogP contribution in [0.2, 0.25) is 0 Å². The van der Waals surface area contributed by atoms with Gasteiger partial charge in [-0.15, -0.1) is 0 Å². The van der Waals surface area contributed by atoms with Crippen LogP contribution in [0.5, 0.6) is 5.75 Å². The maximum Gasteiger partial charge on any atom is 0.264 e. The number of fused-ring (bicyclic) bond motifs is 1. The molecule has 8 heteroatoms. The largest absolute Gasteiger partial charge is 0.497 e. The van der Waals surface area contributed by atoms with Gasteiger partial charge in [0, 0.05) is 18.7 Å². The molecule has 7 nitrogen and oxygen atoms in total. The van der Waals surface area contributed by atoms with Gasteiger partial charge >= 0.3 is 0 Å². The molecular formula is C26H29N3O4S. The Hall–Kier alpha value is -3.36. The fourth-order valence-corrected chi connectivity index (χ4v) is 5.75. The summed E-state index contributed by atoms with van der Waals surface area (Å²) in [7, 11) is 1.74. The Morgan fingerprint density at radius 1 is 1.06 bits per heavy atom. The van der Waals surface area contributed by atoms with Crippen molar-refractivity contribution in [1.82, 2.24) is 10.2 Å².